The van der Waals surface area contributed by atoms with E-state index >= 15 is 0 Å². The Morgan fingerprint density at radius 3 is 2.61 bits per heavy atom. The van der Waals surface area contributed by atoms with Crippen LogP contribution in [0.4, 0.5) is 16.0 Å². The number of nitrogens with zero attached hydrogens (tertiary/aromatic N) is 3. The molecular formula is C27H30FN7O3. The minimum Gasteiger partial charge on any atom is -0.493 e. The van der Waals surface area contributed by atoms with Gasteiger partial charge in [-0.1, -0.05) is 6.07 Å². The van der Waals surface area contributed by atoms with Gasteiger partial charge in [-0.2, -0.15) is 0 Å². The Hall–Kier alpha value is -4.51. The fourth-order valence-electron chi connectivity index (χ4n) is 3.86. The van der Waals surface area contributed by atoms with Gasteiger partial charge in [-0.3, -0.25) is 4.79 Å². The van der Waals surface area contributed by atoms with Crippen molar-refractivity contribution in [2.24, 2.45) is 0 Å². The molecule has 4 aromatic rings. The predicted molar refractivity (Wildman–Crippen MR) is 144 cm³/mol. The smallest absolute Gasteiger partial charge is 0.246 e. The maximum absolute atomic E-state index is 13.5. The lowest BCUT2D eigenvalue weighted by molar-refractivity contribution is -0.125. The van der Waals surface area contributed by atoms with E-state index in [1.54, 1.807) is 24.4 Å². The molecule has 1 atom stereocenters. The summed E-state index contributed by atoms with van der Waals surface area (Å²) in [5, 5.41) is 6.17. The van der Waals surface area contributed by atoms with Crippen LogP contribution in [0.1, 0.15) is 12.5 Å². The molecule has 0 aliphatic rings. The summed E-state index contributed by atoms with van der Waals surface area (Å²) in [7, 11) is 2.99. The Kier molecular flexibility index (Phi) is 8.17. The van der Waals surface area contributed by atoms with Gasteiger partial charge in [-0.05, 0) is 55.8 Å². The zero-order valence-corrected chi connectivity index (χ0v) is 21.6. The number of carbonyl (C=O) groups excluding carboxylic acids is 1. The summed E-state index contributed by atoms with van der Waals surface area (Å²) in [6.07, 6.45) is 1.61. The molecule has 0 bridgehead atoms. The molecule has 11 heteroatoms. The summed E-state index contributed by atoms with van der Waals surface area (Å²) in [6.45, 7) is 4.30. The number of amides is 1. The van der Waals surface area contributed by atoms with Crippen molar-refractivity contribution in [2.75, 3.05) is 38.4 Å². The summed E-state index contributed by atoms with van der Waals surface area (Å²) in [6, 6.07) is 11.5. The van der Waals surface area contributed by atoms with Gasteiger partial charge < -0.3 is 30.8 Å². The number of imidazole rings is 1. The Morgan fingerprint density at radius 1 is 1.13 bits per heavy atom. The van der Waals surface area contributed by atoms with E-state index in [0.717, 1.165) is 5.56 Å². The molecule has 3 aromatic heterocycles. The Bertz CT molecular complexity index is 1420. The number of aryl methyl sites for hydroxylation is 1. The molecule has 0 saturated heterocycles. The average Bonchev–Trinajstić information content (AvgIpc) is 3.34. The van der Waals surface area contributed by atoms with Crippen LogP contribution in [0.5, 0.6) is 5.75 Å². The number of pyridine rings is 2. The van der Waals surface area contributed by atoms with E-state index in [-0.39, 0.29) is 30.2 Å². The molecule has 0 aliphatic heterocycles. The van der Waals surface area contributed by atoms with Crippen molar-refractivity contribution in [3.8, 4) is 39.8 Å². The number of H-pyrrole nitrogens is 1. The minimum atomic E-state index is -0.336. The summed E-state index contributed by atoms with van der Waals surface area (Å²) >= 11 is 0. The van der Waals surface area contributed by atoms with Gasteiger partial charge >= 0.3 is 0 Å². The number of rotatable bonds is 10. The van der Waals surface area contributed by atoms with E-state index in [1.165, 1.54) is 26.4 Å². The van der Waals surface area contributed by atoms with Gasteiger partial charge in [-0.25, -0.2) is 19.3 Å². The van der Waals surface area contributed by atoms with Crippen LogP contribution >= 0.6 is 0 Å². The first-order chi connectivity index (χ1) is 18.3. The molecular weight excluding hydrogens is 489 g/mol. The third-order valence-corrected chi connectivity index (χ3v) is 5.81. The molecule has 0 fully saturated rings. The first kappa shape index (κ1) is 26.6. The van der Waals surface area contributed by atoms with Crippen molar-refractivity contribution in [1.29, 1.82) is 0 Å². The number of nitrogens with two attached hydrogens (primary N) is 1. The second-order valence-electron chi connectivity index (χ2n) is 8.77. The second kappa shape index (κ2) is 11.7. The number of nitrogen functional groups attached to an aromatic ring is 1. The predicted octanol–water partition coefficient (Wildman–Crippen LogP) is 3.80. The normalized spacial score (nSPS) is 11.7. The molecule has 0 saturated carbocycles. The SMILES string of the molecule is COCC(=O)N[C@@H](C)CNc1nc(-c2[nH]c(-c3ccc(F)cc3)nc2-c2cnc(N)c(OC)c2)ccc1C. The molecule has 10 nitrogen and oxygen atoms in total. The van der Waals surface area contributed by atoms with Gasteiger partial charge in [0.25, 0.3) is 0 Å². The van der Waals surface area contributed by atoms with E-state index < -0.39 is 0 Å². The Morgan fingerprint density at radius 2 is 1.89 bits per heavy atom. The summed E-state index contributed by atoms with van der Waals surface area (Å²) in [5.41, 5.74) is 10.1. The van der Waals surface area contributed by atoms with Crippen LogP contribution in [-0.4, -0.2) is 59.3 Å². The van der Waals surface area contributed by atoms with Gasteiger partial charge in [0.1, 0.15) is 29.8 Å². The van der Waals surface area contributed by atoms with Crippen molar-refractivity contribution in [2.45, 2.75) is 19.9 Å². The van der Waals surface area contributed by atoms with E-state index in [4.69, 9.17) is 25.2 Å². The molecule has 0 aliphatic carbocycles. The van der Waals surface area contributed by atoms with Crippen LogP contribution in [-0.2, 0) is 9.53 Å². The standard InChI is InChI=1S/C27H30FN7O3/c1-15-5-10-20(33-26(15)31-12-16(2)32-22(36)14-37-3)24-23(18-11-21(38-4)25(29)30-13-18)34-27(35-24)17-6-8-19(28)9-7-17/h5-11,13,16H,12,14H2,1-4H3,(H2,29,30)(H,31,33)(H,32,36)(H,34,35)/t16-/m0/s1. The Balaban J connectivity index is 1.71. The molecule has 0 radical (unpaired) electrons. The van der Waals surface area contributed by atoms with E-state index in [0.29, 0.717) is 52.1 Å². The van der Waals surface area contributed by atoms with E-state index in [2.05, 4.69) is 20.6 Å². The average molecular weight is 520 g/mol. The topological polar surface area (TPSA) is 140 Å². The van der Waals surface area contributed by atoms with Gasteiger partial charge in [0.05, 0.1) is 18.5 Å². The number of hydrogen-bond donors (Lipinski definition) is 4. The first-order valence-corrected chi connectivity index (χ1v) is 11.9. The zero-order chi connectivity index (χ0) is 27.2. The summed E-state index contributed by atoms with van der Waals surface area (Å²) in [4.78, 5) is 29.0. The van der Waals surface area contributed by atoms with Crippen LogP contribution < -0.4 is 21.1 Å². The summed E-state index contributed by atoms with van der Waals surface area (Å²) < 4.78 is 23.8. The van der Waals surface area contributed by atoms with Crippen molar-refractivity contribution in [3.63, 3.8) is 0 Å². The van der Waals surface area contributed by atoms with Crippen LogP contribution in [0.25, 0.3) is 34.0 Å². The van der Waals surface area contributed by atoms with Gasteiger partial charge in [0.2, 0.25) is 5.91 Å². The fraction of sp³-hybridized carbons (Fsp3) is 0.259. The Labute approximate surface area is 219 Å². The zero-order valence-electron chi connectivity index (χ0n) is 21.6. The monoisotopic (exact) mass is 519 g/mol. The van der Waals surface area contributed by atoms with Crippen LogP contribution in [0.15, 0.2) is 48.7 Å². The molecule has 5 N–H and O–H groups in total. The third kappa shape index (κ3) is 6.06. The van der Waals surface area contributed by atoms with Crippen LogP contribution in [0, 0.1) is 12.7 Å². The van der Waals surface area contributed by atoms with Crippen molar-refractivity contribution in [1.82, 2.24) is 25.3 Å². The number of ether oxygens (including phenoxy) is 2. The van der Waals surface area contributed by atoms with Crippen molar-refractivity contribution >= 4 is 17.5 Å². The number of aromatic nitrogens is 4. The van der Waals surface area contributed by atoms with E-state index in [9.17, 15) is 9.18 Å². The molecule has 0 spiro atoms. The number of carbonyl (C=O) groups is 1. The lowest BCUT2D eigenvalue weighted by Gasteiger charge is -2.16. The maximum Gasteiger partial charge on any atom is 0.246 e. The lowest BCUT2D eigenvalue weighted by Crippen LogP contribution is -2.39. The molecule has 0 unspecified atom stereocenters. The molecule has 4 rings (SSSR count). The first-order valence-electron chi connectivity index (χ1n) is 11.9. The highest BCUT2D eigenvalue weighted by Gasteiger charge is 2.19. The fourth-order valence-corrected chi connectivity index (χ4v) is 3.86. The molecule has 1 aromatic carbocycles. The molecule has 38 heavy (non-hydrogen) atoms. The number of hydrogen-bond acceptors (Lipinski definition) is 8. The maximum atomic E-state index is 13.5. The minimum absolute atomic E-state index is 0.000864. The number of methoxy groups -OCH3 is 2. The van der Waals surface area contributed by atoms with E-state index in [1.807, 2.05) is 26.0 Å². The second-order valence-corrected chi connectivity index (χ2v) is 8.77. The highest BCUT2D eigenvalue weighted by molar-refractivity contribution is 5.81. The van der Waals surface area contributed by atoms with Crippen molar-refractivity contribution < 1.29 is 18.7 Å². The number of nitrogens with one attached hydrogen (secondary N) is 3. The largest absolute Gasteiger partial charge is 0.493 e. The van der Waals surface area contributed by atoms with Crippen LogP contribution in [0.3, 0.4) is 0 Å². The van der Waals surface area contributed by atoms with Gasteiger partial charge in [0.15, 0.2) is 11.6 Å². The summed E-state index contributed by atoms with van der Waals surface area (Å²) in [5.74, 6) is 1.35. The number of benzene rings is 1. The molecule has 198 valence electrons. The number of halogens is 1. The molecule has 3 heterocycles. The highest BCUT2D eigenvalue weighted by atomic mass is 19.1. The highest BCUT2D eigenvalue weighted by Crippen LogP contribution is 2.35. The molecule has 1 amide bonds. The van der Waals surface area contributed by atoms with Crippen LogP contribution in [0.2, 0.25) is 0 Å². The van der Waals surface area contributed by atoms with Gasteiger partial charge in [-0.15, -0.1) is 0 Å². The number of aromatic amines is 1. The third-order valence-electron chi connectivity index (χ3n) is 5.81. The number of anilines is 2. The van der Waals surface area contributed by atoms with Crippen molar-refractivity contribution in [3.05, 3.63) is 60.0 Å². The lowest BCUT2D eigenvalue weighted by atomic mass is 10.1. The van der Waals surface area contributed by atoms with Gasteiger partial charge in [0, 0.05) is 37.0 Å². The quantitative estimate of drug-likeness (QED) is 0.248.